The van der Waals surface area contributed by atoms with Crippen LogP contribution in [-0.4, -0.2) is 10.8 Å². The van der Waals surface area contributed by atoms with Gasteiger partial charge in [0.05, 0.1) is 5.69 Å². The Morgan fingerprint density at radius 2 is 2.33 bits per heavy atom. The fourth-order valence-electron chi connectivity index (χ4n) is 0.763. The van der Waals surface area contributed by atoms with Crippen LogP contribution >= 0.6 is 15.9 Å². The molecule has 0 aliphatic heterocycles. The highest BCUT2D eigenvalue weighted by Crippen LogP contribution is 2.18. The number of carbonyl (C=O) groups excluding carboxylic acids is 1. The van der Waals surface area contributed by atoms with Crippen LogP contribution in [0.1, 0.15) is 17.4 Å². The molecule has 0 saturated heterocycles. The van der Waals surface area contributed by atoms with Crippen molar-refractivity contribution in [2.24, 2.45) is 0 Å². The number of ketones is 1. The van der Waals surface area contributed by atoms with Gasteiger partial charge >= 0.3 is 0 Å². The number of nitrogens with zero attached hydrogens (tertiary/aromatic N) is 1. The number of carbonyl (C=O) groups is 1. The Hall–Kier alpha value is -0.970. The predicted octanol–water partition coefficient (Wildman–Crippen LogP) is 1.77. The molecular formula is C7H6BrFN2O. The van der Waals surface area contributed by atoms with E-state index in [1.54, 1.807) is 0 Å². The van der Waals surface area contributed by atoms with Crippen molar-refractivity contribution in [3.63, 3.8) is 0 Å². The first kappa shape index (κ1) is 9.12. The number of hydrogen-bond donors (Lipinski definition) is 1. The summed E-state index contributed by atoms with van der Waals surface area (Å²) in [6, 6.07) is 1.06. The molecule has 2 N–H and O–H groups in total. The van der Waals surface area contributed by atoms with Gasteiger partial charge in [-0.1, -0.05) is 0 Å². The molecule has 0 aliphatic rings. The summed E-state index contributed by atoms with van der Waals surface area (Å²) in [7, 11) is 0. The lowest BCUT2D eigenvalue weighted by Gasteiger charge is -2.01. The standard InChI is InChI=1S/C7H6BrFN2O/c1-3(12)6-5(10)2-4(9)7(8)11-6/h2H,10H2,1H3. The largest absolute Gasteiger partial charge is 0.397 e. The van der Waals surface area contributed by atoms with Crippen LogP contribution in [0.5, 0.6) is 0 Å². The Bertz CT molecular complexity index is 340. The van der Waals surface area contributed by atoms with Crippen molar-refractivity contribution in [1.29, 1.82) is 0 Å². The van der Waals surface area contributed by atoms with Crippen molar-refractivity contribution in [2.45, 2.75) is 6.92 Å². The van der Waals surface area contributed by atoms with E-state index in [1.807, 2.05) is 0 Å². The van der Waals surface area contributed by atoms with Gasteiger partial charge in [-0.25, -0.2) is 9.37 Å². The van der Waals surface area contributed by atoms with Crippen molar-refractivity contribution in [3.8, 4) is 0 Å². The van der Waals surface area contributed by atoms with Crippen molar-refractivity contribution in [3.05, 3.63) is 22.2 Å². The highest BCUT2D eigenvalue weighted by molar-refractivity contribution is 9.10. The number of pyridine rings is 1. The molecule has 0 radical (unpaired) electrons. The summed E-state index contributed by atoms with van der Waals surface area (Å²) in [6.07, 6.45) is 0. The van der Waals surface area contributed by atoms with Gasteiger partial charge in [-0.05, 0) is 15.9 Å². The molecule has 0 bridgehead atoms. The quantitative estimate of drug-likeness (QED) is 0.594. The van der Waals surface area contributed by atoms with Gasteiger partial charge in [0.1, 0.15) is 10.3 Å². The third kappa shape index (κ3) is 1.61. The normalized spacial score (nSPS) is 9.92. The maximum atomic E-state index is 12.7. The second-order valence-corrected chi connectivity index (χ2v) is 3.01. The first-order valence-corrected chi connectivity index (χ1v) is 3.94. The van der Waals surface area contributed by atoms with E-state index in [1.165, 1.54) is 6.92 Å². The number of hydrogen-bond acceptors (Lipinski definition) is 3. The lowest BCUT2D eigenvalue weighted by molar-refractivity contribution is 0.101. The molecule has 1 aromatic heterocycles. The van der Waals surface area contributed by atoms with Crippen LogP contribution in [0.25, 0.3) is 0 Å². The van der Waals surface area contributed by atoms with Crippen LogP contribution < -0.4 is 5.73 Å². The van der Waals surface area contributed by atoms with Crippen molar-refractivity contribution in [2.75, 3.05) is 5.73 Å². The molecule has 0 saturated carbocycles. The van der Waals surface area contributed by atoms with Crippen LogP contribution in [0.3, 0.4) is 0 Å². The Labute approximate surface area is 76.9 Å². The third-order valence-electron chi connectivity index (χ3n) is 1.30. The molecule has 0 aromatic carbocycles. The van der Waals surface area contributed by atoms with E-state index >= 15 is 0 Å². The van der Waals surface area contributed by atoms with E-state index in [0.29, 0.717) is 0 Å². The van der Waals surface area contributed by atoms with E-state index < -0.39 is 5.82 Å². The molecular weight excluding hydrogens is 227 g/mol. The molecule has 1 heterocycles. The highest BCUT2D eigenvalue weighted by atomic mass is 79.9. The van der Waals surface area contributed by atoms with Gasteiger partial charge in [-0.2, -0.15) is 0 Å². The maximum absolute atomic E-state index is 12.7. The summed E-state index contributed by atoms with van der Waals surface area (Å²) in [5.41, 5.74) is 5.49. The van der Waals surface area contributed by atoms with Crippen LogP contribution in [-0.2, 0) is 0 Å². The molecule has 1 aromatic rings. The van der Waals surface area contributed by atoms with Gasteiger partial charge in [-0.15, -0.1) is 0 Å². The molecule has 3 nitrogen and oxygen atoms in total. The monoisotopic (exact) mass is 232 g/mol. The van der Waals surface area contributed by atoms with Gasteiger partial charge in [-0.3, -0.25) is 4.79 Å². The van der Waals surface area contributed by atoms with Crippen molar-refractivity contribution < 1.29 is 9.18 Å². The maximum Gasteiger partial charge on any atom is 0.180 e. The zero-order chi connectivity index (χ0) is 9.30. The van der Waals surface area contributed by atoms with Crippen molar-refractivity contribution >= 4 is 27.4 Å². The first-order chi connectivity index (χ1) is 5.52. The number of halogens is 2. The molecule has 0 spiro atoms. The van der Waals surface area contributed by atoms with Gasteiger partial charge in [0.2, 0.25) is 0 Å². The highest BCUT2D eigenvalue weighted by Gasteiger charge is 2.10. The van der Waals surface area contributed by atoms with Crippen LogP contribution in [0, 0.1) is 5.82 Å². The topological polar surface area (TPSA) is 56.0 Å². The van der Waals surface area contributed by atoms with E-state index in [2.05, 4.69) is 20.9 Å². The van der Waals surface area contributed by atoms with Crippen LogP contribution in [0.2, 0.25) is 0 Å². The Morgan fingerprint density at radius 1 is 1.75 bits per heavy atom. The lowest BCUT2D eigenvalue weighted by Crippen LogP contribution is -2.04. The number of rotatable bonds is 1. The number of Topliss-reactive ketones (excluding diaryl/α,β-unsaturated/α-hetero) is 1. The van der Waals surface area contributed by atoms with E-state index in [0.717, 1.165) is 6.07 Å². The average Bonchev–Trinajstić information content (AvgIpc) is 1.96. The Balaban J connectivity index is 3.33. The molecule has 12 heavy (non-hydrogen) atoms. The zero-order valence-corrected chi connectivity index (χ0v) is 7.85. The zero-order valence-electron chi connectivity index (χ0n) is 6.27. The number of nitrogen functional groups attached to an aromatic ring is 1. The second-order valence-electron chi connectivity index (χ2n) is 2.26. The van der Waals surface area contributed by atoms with E-state index in [9.17, 15) is 9.18 Å². The molecule has 0 amide bonds. The van der Waals surface area contributed by atoms with Gasteiger partial charge in [0, 0.05) is 13.0 Å². The second kappa shape index (κ2) is 3.18. The minimum absolute atomic E-state index is 0.00176. The molecule has 0 unspecified atom stereocenters. The van der Waals surface area contributed by atoms with Crippen LogP contribution in [0.15, 0.2) is 10.7 Å². The van der Waals surface area contributed by atoms with E-state index in [4.69, 9.17) is 5.73 Å². The van der Waals surface area contributed by atoms with Gasteiger partial charge in [0.15, 0.2) is 11.6 Å². The summed E-state index contributed by atoms with van der Waals surface area (Å²) >= 11 is 2.85. The Kier molecular flexibility index (Phi) is 2.42. The number of nitrogens with two attached hydrogens (primary N) is 1. The smallest absolute Gasteiger partial charge is 0.180 e. The van der Waals surface area contributed by atoms with Gasteiger partial charge < -0.3 is 5.73 Å². The number of anilines is 1. The SMILES string of the molecule is CC(=O)c1nc(Br)c(F)cc1N. The fourth-order valence-corrected chi connectivity index (χ4v) is 1.05. The minimum Gasteiger partial charge on any atom is -0.397 e. The average molecular weight is 233 g/mol. The third-order valence-corrected chi connectivity index (χ3v) is 1.85. The fraction of sp³-hybridized carbons (Fsp3) is 0.143. The molecule has 0 aliphatic carbocycles. The van der Waals surface area contributed by atoms with Gasteiger partial charge in [0.25, 0.3) is 0 Å². The predicted molar refractivity (Wildman–Crippen MR) is 46.3 cm³/mol. The summed E-state index contributed by atoms with van der Waals surface area (Å²) in [4.78, 5) is 14.5. The summed E-state index contributed by atoms with van der Waals surface area (Å²) < 4.78 is 12.7. The molecule has 64 valence electrons. The summed E-state index contributed by atoms with van der Waals surface area (Å²) in [5, 5.41) is 0. The Morgan fingerprint density at radius 3 is 2.83 bits per heavy atom. The summed E-state index contributed by atoms with van der Waals surface area (Å²) in [6.45, 7) is 1.32. The number of aromatic nitrogens is 1. The molecule has 1 rings (SSSR count). The first-order valence-electron chi connectivity index (χ1n) is 3.15. The van der Waals surface area contributed by atoms with Crippen molar-refractivity contribution in [1.82, 2.24) is 4.98 Å². The van der Waals surface area contributed by atoms with E-state index in [-0.39, 0.29) is 21.8 Å². The lowest BCUT2D eigenvalue weighted by atomic mass is 10.2. The van der Waals surface area contributed by atoms with Crippen LogP contribution in [0.4, 0.5) is 10.1 Å². The molecule has 5 heteroatoms. The minimum atomic E-state index is -0.572. The summed E-state index contributed by atoms with van der Waals surface area (Å²) in [5.74, 6) is -0.856. The molecule has 0 fully saturated rings. The molecule has 0 atom stereocenters.